The Bertz CT molecular complexity index is 887. The standard InChI is InChI=1S/C26H34N4O3/c1-3-17-27-26(33)30(20-23-14-8-5-9-15-23)18-11-10-16-24(29-21(2)31)25(32)28-19-22-12-6-4-7-13-22/h3-9,12-15,24H,1,10-11,16-20H2,2H3,(H,27,33)(H,28,32)(H,29,31)/t24-/m1/s1. The topological polar surface area (TPSA) is 90.5 Å². The molecule has 0 aromatic heterocycles. The Balaban J connectivity index is 1.88. The van der Waals surface area contributed by atoms with Crippen LogP contribution in [0.15, 0.2) is 73.3 Å². The maximum Gasteiger partial charge on any atom is 0.317 e. The van der Waals surface area contributed by atoms with Crippen LogP contribution in [-0.4, -0.2) is 41.9 Å². The molecule has 2 aromatic rings. The molecular formula is C26H34N4O3. The summed E-state index contributed by atoms with van der Waals surface area (Å²) in [5, 5.41) is 8.46. The van der Waals surface area contributed by atoms with Crippen LogP contribution in [0.3, 0.4) is 0 Å². The summed E-state index contributed by atoms with van der Waals surface area (Å²) in [6.45, 7) is 6.89. The van der Waals surface area contributed by atoms with Crippen molar-refractivity contribution >= 4 is 17.8 Å². The van der Waals surface area contributed by atoms with Crippen LogP contribution in [0.2, 0.25) is 0 Å². The van der Waals surface area contributed by atoms with Gasteiger partial charge in [-0.15, -0.1) is 6.58 Å². The molecule has 0 bridgehead atoms. The van der Waals surface area contributed by atoms with Gasteiger partial charge in [-0.05, 0) is 30.4 Å². The van der Waals surface area contributed by atoms with E-state index in [1.54, 1.807) is 11.0 Å². The minimum atomic E-state index is -0.608. The average Bonchev–Trinajstić information content (AvgIpc) is 2.83. The van der Waals surface area contributed by atoms with Gasteiger partial charge >= 0.3 is 6.03 Å². The first-order valence-corrected chi connectivity index (χ1v) is 11.3. The second-order valence-electron chi connectivity index (χ2n) is 7.83. The molecule has 0 aliphatic carbocycles. The van der Waals surface area contributed by atoms with E-state index in [1.807, 2.05) is 60.7 Å². The molecule has 4 amide bonds. The van der Waals surface area contributed by atoms with Gasteiger partial charge in [0.1, 0.15) is 6.04 Å². The Hall–Kier alpha value is -3.61. The molecule has 0 aliphatic heterocycles. The highest BCUT2D eigenvalue weighted by Gasteiger charge is 2.19. The lowest BCUT2D eigenvalue weighted by Crippen LogP contribution is -2.46. The molecule has 0 fully saturated rings. The molecule has 0 spiro atoms. The van der Waals surface area contributed by atoms with Crippen molar-refractivity contribution in [3.05, 3.63) is 84.4 Å². The third-order valence-corrected chi connectivity index (χ3v) is 5.08. The summed E-state index contributed by atoms with van der Waals surface area (Å²) >= 11 is 0. The Morgan fingerprint density at radius 1 is 0.939 bits per heavy atom. The van der Waals surface area contributed by atoms with Gasteiger partial charge in [-0.3, -0.25) is 9.59 Å². The lowest BCUT2D eigenvalue weighted by molar-refractivity contribution is -0.128. The average molecular weight is 451 g/mol. The quantitative estimate of drug-likeness (QED) is 0.323. The summed E-state index contributed by atoms with van der Waals surface area (Å²) in [6.07, 6.45) is 3.53. The van der Waals surface area contributed by atoms with Gasteiger partial charge in [-0.25, -0.2) is 4.79 Å². The van der Waals surface area contributed by atoms with Crippen molar-refractivity contribution in [1.29, 1.82) is 0 Å². The fraction of sp³-hybridized carbons (Fsp3) is 0.346. The second-order valence-corrected chi connectivity index (χ2v) is 7.83. The van der Waals surface area contributed by atoms with Gasteiger partial charge < -0.3 is 20.9 Å². The van der Waals surface area contributed by atoms with Gasteiger partial charge in [0.25, 0.3) is 0 Å². The summed E-state index contributed by atoms with van der Waals surface area (Å²) in [7, 11) is 0. The SMILES string of the molecule is C=CCNC(=O)N(CCCC[C@@H](NC(C)=O)C(=O)NCc1ccccc1)Cc1ccccc1. The zero-order valence-corrected chi connectivity index (χ0v) is 19.3. The normalized spacial score (nSPS) is 11.2. The molecule has 0 saturated carbocycles. The van der Waals surface area contributed by atoms with E-state index in [0.29, 0.717) is 45.4 Å². The molecule has 0 aliphatic rings. The molecule has 1 atom stereocenters. The minimum absolute atomic E-state index is 0.155. The van der Waals surface area contributed by atoms with Crippen molar-refractivity contribution in [2.24, 2.45) is 0 Å². The molecule has 3 N–H and O–H groups in total. The number of hydrogen-bond donors (Lipinski definition) is 3. The van der Waals surface area contributed by atoms with Crippen LogP contribution in [0.1, 0.15) is 37.3 Å². The Morgan fingerprint density at radius 2 is 1.58 bits per heavy atom. The molecule has 0 unspecified atom stereocenters. The number of carbonyl (C=O) groups is 3. The first-order chi connectivity index (χ1) is 16.0. The number of carbonyl (C=O) groups excluding carboxylic acids is 3. The largest absolute Gasteiger partial charge is 0.350 e. The lowest BCUT2D eigenvalue weighted by Gasteiger charge is -2.24. The fourth-order valence-electron chi connectivity index (χ4n) is 3.40. The molecule has 176 valence electrons. The van der Waals surface area contributed by atoms with Gasteiger partial charge in [0.15, 0.2) is 0 Å². The van der Waals surface area contributed by atoms with Gasteiger partial charge in [0.05, 0.1) is 0 Å². The summed E-state index contributed by atoms with van der Waals surface area (Å²) in [4.78, 5) is 38.6. The highest BCUT2D eigenvalue weighted by atomic mass is 16.2. The van der Waals surface area contributed by atoms with Gasteiger partial charge in [0.2, 0.25) is 11.8 Å². The summed E-state index contributed by atoms with van der Waals surface area (Å²) in [6, 6.07) is 18.7. The lowest BCUT2D eigenvalue weighted by atomic mass is 10.1. The summed E-state index contributed by atoms with van der Waals surface area (Å²) < 4.78 is 0. The van der Waals surface area contributed by atoms with Crippen LogP contribution in [0.4, 0.5) is 4.79 Å². The van der Waals surface area contributed by atoms with E-state index in [4.69, 9.17) is 0 Å². The number of unbranched alkanes of at least 4 members (excludes halogenated alkanes) is 1. The van der Waals surface area contributed by atoms with Crippen molar-refractivity contribution in [1.82, 2.24) is 20.9 Å². The second kappa shape index (κ2) is 14.5. The van der Waals surface area contributed by atoms with Crippen LogP contribution in [0, 0.1) is 0 Å². The number of benzene rings is 2. The summed E-state index contributed by atoms with van der Waals surface area (Å²) in [5.74, 6) is -0.455. The van der Waals surface area contributed by atoms with Gasteiger partial charge in [-0.1, -0.05) is 66.7 Å². The fourth-order valence-corrected chi connectivity index (χ4v) is 3.40. The van der Waals surface area contributed by atoms with E-state index in [9.17, 15) is 14.4 Å². The van der Waals surface area contributed by atoms with E-state index in [0.717, 1.165) is 11.1 Å². The van der Waals surface area contributed by atoms with Crippen LogP contribution in [-0.2, 0) is 22.7 Å². The number of nitrogens with one attached hydrogen (secondary N) is 3. The van der Waals surface area contributed by atoms with Crippen LogP contribution < -0.4 is 16.0 Å². The van der Waals surface area contributed by atoms with Gasteiger partial charge in [-0.2, -0.15) is 0 Å². The molecule has 2 rings (SSSR count). The molecular weight excluding hydrogens is 416 g/mol. The molecule has 7 heteroatoms. The highest BCUT2D eigenvalue weighted by Crippen LogP contribution is 2.09. The maximum atomic E-state index is 12.6. The Morgan fingerprint density at radius 3 is 2.18 bits per heavy atom. The van der Waals surface area contributed by atoms with Crippen LogP contribution >= 0.6 is 0 Å². The predicted molar refractivity (Wildman–Crippen MR) is 130 cm³/mol. The van der Waals surface area contributed by atoms with Crippen molar-refractivity contribution < 1.29 is 14.4 Å². The number of urea groups is 1. The number of amides is 4. The first-order valence-electron chi connectivity index (χ1n) is 11.3. The molecule has 0 saturated heterocycles. The van der Waals surface area contributed by atoms with E-state index < -0.39 is 6.04 Å². The van der Waals surface area contributed by atoms with Crippen molar-refractivity contribution in [2.75, 3.05) is 13.1 Å². The van der Waals surface area contributed by atoms with Crippen molar-refractivity contribution in [3.8, 4) is 0 Å². The smallest absolute Gasteiger partial charge is 0.317 e. The highest BCUT2D eigenvalue weighted by molar-refractivity contribution is 5.86. The molecule has 33 heavy (non-hydrogen) atoms. The van der Waals surface area contributed by atoms with E-state index in [2.05, 4.69) is 22.5 Å². The third-order valence-electron chi connectivity index (χ3n) is 5.08. The van der Waals surface area contributed by atoms with Gasteiger partial charge in [0, 0.05) is 33.1 Å². The Kier molecular flexibility index (Phi) is 11.2. The van der Waals surface area contributed by atoms with E-state index >= 15 is 0 Å². The monoisotopic (exact) mass is 450 g/mol. The number of rotatable bonds is 13. The summed E-state index contributed by atoms with van der Waals surface area (Å²) in [5.41, 5.74) is 2.04. The van der Waals surface area contributed by atoms with Crippen LogP contribution in [0.5, 0.6) is 0 Å². The molecule has 0 radical (unpaired) electrons. The first kappa shape index (κ1) is 25.6. The Labute approximate surface area is 196 Å². The minimum Gasteiger partial charge on any atom is -0.350 e. The predicted octanol–water partition coefficient (Wildman–Crippen LogP) is 3.38. The number of nitrogens with zero attached hydrogens (tertiary/aromatic N) is 1. The molecule has 0 heterocycles. The van der Waals surface area contributed by atoms with Crippen molar-refractivity contribution in [3.63, 3.8) is 0 Å². The molecule has 7 nitrogen and oxygen atoms in total. The van der Waals surface area contributed by atoms with E-state index in [1.165, 1.54) is 6.92 Å². The maximum absolute atomic E-state index is 12.6. The van der Waals surface area contributed by atoms with Crippen molar-refractivity contribution in [2.45, 2.75) is 45.3 Å². The third kappa shape index (κ3) is 10.0. The van der Waals surface area contributed by atoms with E-state index in [-0.39, 0.29) is 17.8 Å². The number of hydrogen-bond acceptors (Lipinski definition) is 3. The zero-order chi connectivity index (χ0) is 23.9. The zero-order valence-electron chi connectivity index (χ0n) is 19.3. The van der Waals surface area contributed by atoms with Crippen LogP contribution in [0.25, 0.3) is 0 Å². The molecule has 2 aromatic carbocycles.